The number of benzene rings is 2. The number of hydrazone groups is 1. The first-order valence-corrected chi connectivity index (χ1v) is 11.1. The Morgan fingerprint density at radius 3 is 2.69 bits per heavy atom. The summed E-state index contributed by atoms with van der Waals surface area (Å²) in [7, 11) is 0. The molecule has 4 aromatic rings. The van der Waals surface area contributed by atoms with Gasteiger partial charge in [0.1, 0.15) is 5.69 Å². The molecule has 5 nitrogen and oxygen atoms in total. The molecule has 0 aliphatic rings. The van der Waals surface area contributed by atoms with Crippen LogP contribution in [0.2, 0.25) is 10.2 Å². The Morgan fingerprint density at radius 1 is 1.17 bits per heavy atom. The lowest BCUT2D eigenvalue weighted by Crippen LogP contribution is -2.17. The van der Waals surface area contributed by atoms with Crippen LogP contribution >= 0.6 is 46.3 Å². The van der Waals surface area contributed by atoms with Crippen molar-refractivity contribution in [1.82, 2.24) is 14.8 Å². The number of nitrogens with one attached hydrogen (secondary N) is 1. The average molecular weight is 461 g/mol. The second-order valence-electron chi connectivity index (χ2n) is 5.98. The third-order valence-corrected chi connectivity index (χ3v) is 6.41. The summed E-state index contributed by atoms with van der Waals surface area (Å²) in [6.07, 6.45) is 3.34. The van der Waals surface area contributed by atoms with E-state index in [-0.39, 0.29) is 5.91 Å². The van der Waals surface area contributed by atoms with Crippen molar-refractivity contribution in [2.75, 3.05) is 0 Å². The van der Waals surface area contributed by atoms with E-state index in [1.54, 1.807) is 23.9 Å². The highest BCUT2D eigenvalue weighted by Gasteiger charge is 2.09. The molecule has 146 valence electrons. The van der Waals surface area contributed by atoms with Crippen molar-refractivity contribution in [3.8, 4) is 0 Å². The van der Waals surface area contributed by atoms with Gasteiger partial charge in [-0.25, -0.2) is 10.4 Å². The van der Waals surface area contributed by atoms with Gasteiger partial charge in [0.05, 0.1) is 6.21 Å². The molecule has 2 heterocycles. The number of amides is 1. The van der Waals surface area contributed by atoms with Crippen LogP contribution in [0.1, 0.15) is 21.6 Å². The summed E-state index contributed by atoms with van der Waals surface area (Å²) in [6.45, 7) is 0. The summed E-state index contributed by atoms with van der Waals surface area (Å²) in [5, 5.41) is 6.98. The minimum atomic E-state index is -0.291. The number of thiazole rings is 1. The molecule has 0 saturated carbocycles. The van der Waals surface area contributed by atoms with Gasteiger partial charge in [0, 0.05) is 32.8 Å². The first-order chi connectivity index (χ1) is 14.1. The van der Waals surface area contributed by atoms with E-state index in [4.69, 9.17) is 23.2 Å². The van der Waals surface area contributed by atoms with Gasteiger partial charge in [-0.3, -0.25) is 9.20 Å². The standard InChI is InChI=1S/C20H14Cl2N4OS2/c21-15-5-7-16(8-6-15)29-12-13-1-3-14(4-2-13)19(27)25-23-11-17-18(22)24-20-26(17)9-10-28-20/h1-11H,12H2,(H,25,27)/b23-11+. The molecule has 2 aromatic carbocycles. The Kier molecular flexibility index (Phi) is 6.20. The fourth-order valence-corrected chi connectivity index (χ4v) is 4.53. The molecule has 0 radical (unpaired) electrons. The molecule has 9 heteroatoms. The summed E-state index contributed by atoms with van der Waals surface area (Å²) in [5.74, 6) is 0.512. The van der Waals surface area contributed by atoms with Gasteiger partial charge in [0.25, 0.3) is 5.91 Å². The van der Waals surface area contributed by atoms with Gasteiger partial charge >= 0.3 is 0 Å². The average Bonchev–Trinajstić information content (AvgIpc) is 3.29. The lowest BCUT2D eigenvalue weighted by Gasteiger charge is -2.04. The Labute approximate surface area is 185 Å². The summed E-state index contributed by atoms with van der Waals surface area (Å²) in [4.78, 5) is 18.4. The zero-order chi connectivity index (χ0) is 20.2. The number of nitrogens with zero attached hydrogens (tertiary/aromatic N) is 3. The van der Waals surface area contributed by atoms with Gasteiger partial charge in [-0.1, -0.05) is 35.3 Å². The maximum absolute atomic E-state index is 12.3. The van der Waals surface area contributed by atoms with Crippen LogP contribution in [0, 0.1) is 0 Å². The lowest BCUT2D eigenvalue weighted by molar-refractivity contribution is 0.0955. The van der Waals surface area contributed by atoms with E-state index in [9.17, 15) is 4.79 Å². The minimum absolute atomic E-state index is 0.291. The van der Waals surface area contributed by atoms with Crippen LogP contribution in [0.5, 0.6) is 0 Å². The Balaban J connectivity index is 1.34. The van der Waals surface area contributed by atoms with E-state index >= 15 is 0 Å². The summed E-state index contributed by atoms with van der Waals surface area (Å²) < 4.78 is 1.82. The number of aromatic nitrogens is 2. The van der Waals surface area contributed by atoms with Crippen LogP contribution in [0.3, 0.4) is 0 Å². The smallest absolute Gasteiger partial charge is 0.271 e. The van der Waals surface area contributed by atoms with Crippen LogP contribution in [0.25, 0.3) is 4.96 Å². The Morgan fingerprint density at radius 2 is 1.93 bits per heavy atom. The first-order valence-electron chi connectivity index (χ1n) is 8.52. The van der Waals surface area contributed by atoms with Crippen LogP contribution in [0.4, 0.5) is 0 Å². The Bertz CT molecular complexity index is 1170. The first kappa shape index (κ1) is 20.0. The highest BCUT2D eigenvalue weighted by Crippen LogP contribution is 2.24. The fraction of sp³-hybridized carbons (Fsp3) is 0.0500. The summed E-state index contributed by atoms with van der Waals surface area (Å²) in [5.41, 5.74) is 4.79. The largest absolute Gasteiger partial charge is 0.288 e. The molecular formula is C20H14Cl2N4OS2. The van der Waals surface area contributed by atoms with Gasteiger partial charge in [-0.2, -0.15) is 5.10 Å². The molecule has 0 unspecified atom stereocenters. The van der Waals surface area contributed by atoms with Crippen LogP contribution in [-0.4, -0.2) is 21.5 Å². The molecular weight excluding hydrogens is 447 g/mol. The van der Waals surface area contributed by atoms with Crippen LogP contribution < -0.4 is 5.43 Å². The third kappa shape index (κ3) is 4.82. The normalized spacial score (nSPS) is 11.4. The number of carbonyl (C=O) groups excluding carboxylic acids is 1. The number of fused-ring (bicyclic) bond motifs is 1. The van der Waals surface area contributed by atoms with E-state index < -0.39 is 0 Å². The van der Waals surface area contributed by atoms with E-state index in [0.29, 0.717) is 16.4 Å². The summed E-state index contributed by atoms with van der Waals surface area (Å²) >= 11 is 15.2. The van der Waals surface area contributed by atoms with Crippen LogP contribution in [-0.2, 0) is 5.75 Å². The van der Waals surface area contributed by atoms with Crippen molar-refractivity contribution in [3.63, 3.8) is 0 Å². The third-order valence-electron chi connectivity index (χ3n) is 4.04. The molecule has 0 aliphatic heterocycles. The van der Waals surface area contributed by atoms with Crippen molar-refractivity contribution in [2.45, 2.75) is 10.6 Å². The van der Waals surface area contributed by atoms with Gasteiger partial charge in [0.2, 0.25) is 0 Å². The maximum Gasteiger partial charge on any atom is 0.271 e. The van der Waals surface area contributed by atoms with Crippen molar-refractivity contribution < 1.29 is 4.79 Å². The molecule has 1 N–H and O–H groups in total. The van der Waals surface area contributed by atoms with E-state index in [1.165, 1.54) is 17.6 Å². The highest BCUT2D eigenvalue weighted by atomic mass is 35.5. The molecule has 1 amide bonds. The Hall–Kier alpha value is -2.32. The van der Waals surface area contributed by atoms with Crippen molar-refractivity contribution in [1.29, 1.82) is 0 Å². The van der Waals surface area contributed by atoms with E-state index in [1.807, 2.05) is 52.4 Å². The number of halogens is 2. The number of rotatable bonds is 6. The zero-order valence-corrected chi connectivity index (χ0v) is 18.0. The predicted molar refractivity (Wildman–Crippen MR) is 121 cm³/mol. The fourth-order valence-electron chi connectivity index (χ4n) is 2.56. The minimum Gasteiger partial charge on any atom is -0.288 e. The van der Waals surface area contributed by atoms with E-state index in [0.717, 1.165) is 26.2 Å². The number of carbonyl (C=O) groups is 1. The second-order valence-corrected chi connectivity index (χ2v) is 8.70. The molecule has 0 atom stereocenters. The molecule has 0 spiro atoms. The topological polar surface area (TPSA) is 58.8 Å². The molecule has 2 aromatic heterocycles. The van der Waals surface area contributed by atoms with Gasteiger partial charge < -0.3 is 0 Å². The van der Waals surface area contributed by atoms with E-state index in [2.05, 4.69) is 15.5 Å². The number of hydrogen-bond acceptors (Lipinski definition) is 5. The monoisotopic (exact) mass is 460 g/mol. The van der Waals surface area contributed by atoms with Crippen molar-refractivity contribution >= 4 is 63.4 Å². The van der Waals surface area contributed by atoms with Gasteiger partial charge in [-0.05, 0) is 42.0 Å². The van der Waals surface area contributed by atoms with Crippen molar-refractivity contribution in [2.24, 2.45) is 5.10 Å². The zero-order valence-electron chi connectivity index (χ0n) is 14.9. The number of imidazole rings is 1. The number of thioether (sulfide) groups is 1. The maximum atomic E-state index is 12.3. The SMILES string of the molecule is O=C(N/N=C/c1c(Cl)nc2sccn12)c1ccc(CSc2ccc(Cl)cc2)cc1. The van der Waals surface area contributed by atoms with Gasteiger partial charge in [-0.15, -0.1) is 23.1 Å². The second kappa shape index (κ2) is 9.00. The molecule has 4 rings (SSSR count). The van der Waals surface area contributed by atoms with Gasteiger partial charge in [0.15, 0.2) is 10.1 Å². The predicted octanol–water partition coefficient (Wildman–Crippen LogP) is 5.76. The van der Waals surface area contributed by atoms with Crippen LogP contribution in [0.15, 0.2) is 70.1 Å². The molecule has 0 fully saturated rings. The van der Waals surface area contributed by atoms with Crippen molar-refractivity contribution in [3.05, 3.63) is 87.1 Å². The quantitative estimate of drug-likeness (QED) is 0.226. The molecule has 0 saturated heterocycles. The highest BCUT2D eigenvalue weighted by molar-refractivity contribution is 7.98. The molecule has 0 aliphatic carbocycles. The number of hydrogen-bond donors (Lipinski definition) is 1. The molecule has 29 heavy (non-hydrogen) atoms. The summed E-state index contributed by atoms with van der Waals surface area (Å²) in [6, 6.07) is 15.2. The lowest BCUT2D eigenvalue weighted by atomic mass is 10.1. The molecule has 0 bridgehead atoms.